The van der Waals surface area contributed by atoms with Gasteiger partial charge in [0.15, 0.2) is 0 Å². The number of nitrogens with zero attached hydrogens (tertiary/aromatic N) is 2. The summed E-state index contributed by atoms with van der Waals surface area (Å²) in [7, 11) is -3.85. The van der Waals surface area contributed by atoms with Crippen LogP contribution in [-0.4, -0.2) is 50.0 Å². The fraction of sp³-hybridized carbons (Fsp3) is 0.440. The van der Waals surface area contributed by atoms with E-state index in [-0.39, 0.29) is 34.2 Å². The molecule has 0 saturated heterocycles. The van der Waals surface area contributed by atoms with E-state index in [0.29, 0.717) is 6.42 Å². The zero-order valence-electron chi connectivity index (χ0n) is 20.7. The molecule has 0 spiro atoms. The molecule has 0 saturated carbocycles. The van der Waals surface area contributed by atoms with Crippen LogP contribution in [-0.2, 0) is 26.2 Å². The molecule has 2 aromatic rings. The van der Waals surface area contributed by atoms with E-state index in [2.05, 4.69) is 5.32 Å². The van der Waals surface area contributed by atoms with E-state index in [9.17, 15) is 18.0 Å². The maximum atomic E-state index is 13.7. The Morgan fingerprint density at radius 3 is 2.26 bits per heavy atom. The minimum Gasteiger partial charge on any atom is -0.352 e. The van der Waals surface area contributed by atoms with Gasteiger partial charge in [0, 0.05) is 12.6 Å². The molecule has 0 heterocycles. The summed E-state index contributed by atoms with van der Waals surface area (Å²) in [6.07, 6.45) is 2.12. The molecule has 2 aromatic carbocycles. The first-order chi connectivity index (χ1) is 16.4. The van der Waals surface area contributed by atoms with E-state index in [1.807, 2.05) is 52.0 Å². The number of carbonyl (C=O) groups excluding carboxylic acids is 2. The molecule has 0 aromatic heterocycles. The molecular weight excluding hydrogens is 509 g/mol. The number of sulfonamides is 1. The maximum Gasteiger partial charge on any atom is 0.244 e. The summed E-state index contributed by atoms with van der Waals surface area (Å²) in [5.74, 6) is -0.780. The fourth-order valence-electron chi connectivity index (χ4n) is 3.62. The van der Waals surface area contributed by atoms with Crippen LogP contribution in [0.25, 0.3) is 0 Å². The van der Waals surface area contributed by atoms with Gasteiger partial charge in [0.25, 0.3) is 0 Å². The molecule has 0 radical (unpaired) electrons. The van der Waals surface area contributed by atoms with Crippen molar-refractivity contribution >= 4 is 50.7 Å². The molecule has 7 nitrogen and oxygen atoms in total. The molecule has 0 fully saturated rings. The maximum absolute atomic E-state index is 13.7. The first kappa shape index (κ1) is 28.9. The molecular formula is C25H33Cl2N3O4S. The Morgan fingerprint density at radius 2 is 1.71 bits per heavy atom. The molecule has 1 N–H and O–H groups in total. The van der Waals surface area contributed by atoms with Crippen LogP contribution in [0.5, 0.6) is 0 Å². The zero-order chi connectivity index (χ0) is 26.3. The number of benzene rings is 2. The van der Waals surface area contributed by atoms with Crippen molar-refractivity contribution < 1.29 is 18.0 Å². The average molecular weight is 543 g/mol. The zero-order valence-corrected chi connectivity index (χ0v) is 23.0. The number of amides is 2. The summed E-state index contributed by atoms with van der Waals surface area (Å²) in [6, 6.07) is 11.2. The summed E-state index contributed by atoms with van der Waals surface area (Å²) < 4.78 is 26.3. The minimum absolute atomic E-state index is 0.0591. The molecule has 35 heavy (non-hydrogen) atoms. The van der Waals surface area contributed by atoms with Crippen molar-refractivity contribution in [2.75, 3.05) is 17.1 Å². The number of anilines is 1. The number of aryl methyl sites for hydroxylation is 1. The molecule has 2 amide bonds. The van der Waals surface area contributed by atoms with Gasteiger partial charge in [-0.05, 0) is 50.5 Å². The van der Waals surface area contributed by atoms with E-state index in [1.165, 1.54) is 23.1 Å². The highest BCUT2D eigenvalue weighted by molar-refractivity contribution is 7.92. The highest BCUT2D eigenvalue weighted by atomic mass is 35.5. The lowest BCUT2D eigenvalue weighted by Gasteiger charge is -2.33. The SMILES string of the molecule is CC[C@H](C(=O)N[C@@H](C)CC)N(Cc1cccc(C)c1)C(=O)CN(c1ccc(Cl)c(Cl)c1)S(C)(=O)=O. The van der Waals surface area contributed by atoms with Crippen LogP contribution in [0.2, 0.25) is 10.0 Å². The number of carbonyl (C=O) groups is 2. The monoisotopic (exact) mass is 541 g/mol. The predicted molar refractivity (Wildman–Crippen MR) is 142 cm³/mol. The van der Waals surface area contributed by atoms with Crippen molar-refractivity contribution in [3.63, 3.8) is 0 Å². The molecule has 0 aliphatic carbocycles. The second-order valence-corrected chi connectivity index (χ2v) is 11.3. The third-order valence-corrected chi connectivity index (χ3v) is 7.57. The third kappa shape index (κ3) is 8.12. The van der Waals surface area contributed by atoms with Crippen molar-refractivity contribution in [3.05, 3.63) is 63.6 Å². The summed E-state index contributed by atoms with van der Waals surface area (Å²) >= 11 is 12.1. The quantitative estimate of drug-likeness (QED) is 0.443. The second kappa shape index (κ2) is 12.6. The molecule has 10 heteroatoms. The molecule has 0 bridgehead atoms. The first-order valence-corrected chi connectivity index (χ1v) is 14.1. The van der Waals surface area contributed by atoms with Crippen molar-refractivity contribution in [2.45, 2.75) is 59.2 Å². The third-order valence-electron chi connectivity index (χ3n) is 5.69. The number of nitrogens with one attached hydrogen (secondary N) is 1. The summed E-state index contributed by atoms with van der Waals surface area (Å²) in [5, 5.41) is 3.38. The topological polar surface area (TPSA) is 86.8 Å². The summed E-state index contributed by atoms with van der Waals surface area (Å²) in [5.41, 5.74) is 2.07. The number of hydrogen-bond donors (Lipinski definition) is 1. The summed E-state index contributed by atoms with van der Waals surface area (Å²) in [4.78, 5) is 28.2. The van der Waals surface area contributed by atoms with E-state index in [0.717, 1.165) is 28.1 Å². The highest BCUT2D eigenvalue weighted by Gasteiger charge is 2.32. The van der Waals surface area contributed by atoms with Crippen LogP contribution in [0.4, 0.5) is 5.69 Å². The Labute approximate surface area is 218 Å². The lowest BCUT2D eigenvalue weighted by molar-refractivity contribution is -0.140. The molecule has 192 valence electrons. The van der Waals surface area contributed by atoms with E-state index >= 15 is 0 Å². The predicted octanol–water partition coefficient (Wildman–Crippen LogP) is 4.79. The normalized spacial score (nSPS) is 13.1. The Morgan fingerprint density at radius 1 is 1.03 bits per heavy atom. The van der Waals surface area contributed by atoms with Gasteiger partial charge < -0.3 is 10.2 Å². The van der Waals surface area contributed by atoms with Crippen LogP contribution in [0, 0.1) is 6.92 Å². The number of hydrogen-bond acceptors (Lipinski definition) is 4. The van der Waals surface area contributed by atoms with Gasteiger partial charge in [-0.15, -0.1) is 0 Å². The van der Waals surface area contributed by atoms with Gasteiger partial charge in [-0.3, -0.25) is 13.9 Å². The van der Waals surface area contributed by atoms with Gasteiger partial charge in [0.05, 0.1) is 22.0 Å². The van der Waals surface area contributed by atoms with Crippen LogP contribution >= 0.6 is 23.2 Å². The van der Waals surface area contributed by atoms with Gasteiger partial charge in [-0.2, -0.15) is 0 Å². The van der Waals surface area contributed by atoms with Crippen molar-refractivity contribution in [1.82, 2.24) is 10.2 Å². The van der Waals surface area contributed by atoms with Gasteiger partial charge in [0.1, 0.15) is 12.6 Å². The van der Waals surface area contributed by atoms with Crippen LogP contribution < -0.4 is 9.62 Å². The Hall–Kier alpha value is -2.29. The Balaban J connectivity index is 2.46. The van der Waals surface area contributed by atoms with Gasteiger partial charge in [-0.25, -0.2) is 8.42 Å². The highest BCUT2D eigenvalue weighted by Crippen LogP contribution is 2.28. The fourth-order valence-corrected chi connectivity index (χ4v) is 4.76. The van der Waals surface area contributed by atoms with E-state index in [1.54, 1.807) is 0 Å². The Kier molecular flexibility index (Phi) is 10.4. The Bertz CT molecular complexity index is 1160. The molecule has 2 rings (SSSR count). The lowest BCUT2D eigenvalue weighted by atomic mass is 10.1. The number of halogens is 2. The summed E-state index contributed by atoms with van der Waals surface area (Å²) in [6.45, 7) is 7.29. The van der Waals surface area contributed by atoms with Gasteiger partial charge >= 0.3 is 0 Å². The van der Waals surface area contributed by atoms with Gasteiger partial charge in [-0.1, -0.05) is 66.9 Å². The lowest BCUT2D eigenvalue weighted by Crippen LogP contribution is -2.53. The largest absolute Gasteiger partial charge is 0.352 e. The minimum atomic E-state index is -3.85. The van der Waals surface area contributed by atoms with Crippen molar-refractivity contribution in [3.8, 4) is 0 Å². The average Bonchev–Trinajstić information content (AvgIpc) is 2.78. The van der Waals surface area contributed by atoms with Crippen LogP contribution in [0.1, 0.15) is 44.7 Å². The number of rotatable bonds is 11. The van der Waals surface area contributed by atoms with Crippen LogP contribution in [0.3, 0.4) is 0 Å². The first-order valence-electron chi connectivity index (χ1n) is 11.5. The van der Waals surface area contributed by atoms with Gasteiger partial charge in [0.2, 0.25) is 21.8 Å². The molecule has 0 unspecified atom stereocenters. The second-order valence-electron chi connectivity index (χ2n) is 8.62. The molecule has 0 aliphatic heterocycles. The van der Waals surface area contributed by atoms with Crippen molar-refractivity contribution in [1.29, 1.82) is 0 Å². The van der Waals surface area contributed by atoms with Crippen LogP contribution in [0.15, 0.2) is 42.5 Å². The van der Waals surface area contributed by atoms with E-state index in [4.69, 9.17) is 23.2 Å². The molecule has 2 atom stereocenters. The molecule has 0 aliphatic rings. The smallest absolute Gasteiger partial charge is 0.244 e. The van der Waals surface area contributed by atoms with E-state index < -0.39 is 28.5 Å². The van der Waals surface area contributed by atoms with Crippen molar-refractivity contribution in [2.24, 2.45) is 0 Å². The standard InChI is InChI=1S/C25H33Cl2N3O4S/c1-6-18(4)28-25(32)23(7-2)29(15-19-10-8-9-17(3)13-19)24(31)16-30(35(5,33)34)20-11-12-21(26)22(27)14-20/h8-14,18,23H,6-7,15-16H2,1-5H3,(H,28,32)/t18-,23+/m0/s1.